The number of nitrogens with one attached hydrogen (secondary N) is 2. The van der Waals surface area contributed by atoms with Crippen LogP contribution in [-0.4, -0.2) is 44.0 Å². The molecule has 0 aliphatic carbocycles. The molecule has 0 radical (unpaired) electrons. The van der Waals surface area contributed by atoms with E-state index in [9.17, 15) is 9.59 Å². The number of carbonyl (C=O) groups excluding carboxylic acids is 2. The fourth-order valence-corrected chi connectivity index (χ4v) is 3.02. The number of methoxy groups -OCH3 is 1. The fourth-order valence-electron chi connectivity index (χ4n) is 3.02. The van der Waals surface area contributed by atoms with E-state index in [1.165, 1.54) is 0 Å². The number of likely N-dealkylation sites (N-methyl/N-ethyl adjacent to an activating group) is 1. The summed E-state index contributed by atoms with van der Waals surface area (Å²) in [7, 11) is 3.29. The molecule has 29 heavy (non-hydrogen) atoms. The van der Waals surface area contributed by atoms with E-state index in [0.29, 0.717) is 17.2 Å². The Balaban J connectivity index is 1.48. The molecule has 0 aliphatic heterocycles. The van der Waals surface area contributed by atoms with Crippen molar-refractivity contribution in [1.29, 1.82) is 0 Å². The van der Waals surface area contributed by atoms with Crippen LogP contribution in [0.5, 0.6) is 5.75 Å². The Morgan fingerprint density at radius 2 is 1.83 bits per heavy atom. The average molecular weight is 395 g/mol. The lowest BCUT2D eigenvalue weighted by molar-refractivity contribution is -0.123. The molecule has 0 spiro atoms. The van der Waals surface area contributed by atoms with Crippen molar-refractivity contribution in [3.8, 4) is 5.75 Å². The van der Waals surface area contributed by atoms with Gasteiger partial charge in [-0.15, -0.1) is 0 Å². The average Bonchev–Trinajstić information content (AvgIpc) is 3.12. The highest BCUT2D eigenvalue weighted by Gasteiger charge is 2.16. The molecule has 7 heteroatoms. The van der Waals surface area contributed by atoms with Crippen molar-refractivity contribution in [3.63, 3.8) is 0 Å². The van der Waals surface area contributed by atoms with Crippen LogP contribution in [0.4, 0.5) is 5.69 Å². The van der Waals surface area contributed by atoms with E-state index in [0.717, 1.165) is 11.0 Å². The van der Waals surface area contributed by atoms with E-state index < -0.39 is 0 Å². The number of nitrogens with zero attached hydrogens (tertiary/aromatic N) is 1. The Morgan fingerprint density at radius 3 is 2.59 bits per heavy atom. The normalized spacial score (nSPS) is 12.0. The zero-order valence-corrected chi connectivity index (χ0v) is 16.8. The van der Waals surface area contributed by atoms with E-state index in [1.807, 2.05) is 37.3 Å². The molecule has 0 bridgehead atoms. The number of anilines is 1. The summed E-state index contributed by atoms with van der Waals surface area (Å²) in [5, 5.41) is 6.69. The Morgan fingerprint density at radius 1 is 1.07 bits per heavy atom. The fraction of sp³-hybridized carbons (Fsp3) is 0.273. The molecule has 0 saturated carbocycles. The van der Waals surface area contributed by atoms with Gasteiger partial charge in [-0.2, -0.15) is 0 Å². The van der Waals surface area contributed by atoms with Gasteiger partial charge in [-0.25, -0.2) is 0 Å². The maximum Gasteiger partial charge on any atom is 0.238 e. The molecular weight excluding hydrogens is 370 g/mol. The van der Waals surface area contributed by atoms with Crippen LogP contribution >= 0.6 is 0 Å². The predicted octanol–water partition coefficient (Wildman–Crippen LogP) is 3.19. The van der Waals surface area contributed by atoms with Gasteiger partial charge < -0.3 is 19.8 Å². The van der Waals surface area contributed by atoms with Crippen molar-refractivity contribution in [2.45, 2.75) is 13.0 Å². The second-order valence-electron chi connectivity index (χ2n) is 6.93. The number of furan rings is 1. The first-order chi connectivity index (χ1) is 13.9. The van der Waals surface area contributed by atoms with E-state index in [2.05, 4.69) is 10.6 Å². The van der Waals surface area contributed by atoms with Crippen LogP contribution in [0, 0.1) is 0 Å². The van der Waals surface area contributed by atoms with E-state index in [4.69, 9.17) is 9.15 Å². The van der Waals surface area contributed by atoms with E-state index in [1.54, 1.807) is 43.3 Å². The maximum absolute atomic E-state index is 12.3. The first kappa shape index (κ1) is 20.4. The van der Waals surface area contributed by atoms with Crippen molar-refractivity contribution < 1.29 is 18.7 Å². The molecule has 0 fully saturated rings. The van der Waals surface area contributed by atoms with Gasteiger partial charge in [-0.1, -0.05) is 24.3 Å². The highest BCUT2D eigenvalue weighted by molar-refractivity contribution is 5.92. The summed E-state index contributed by atoms with van der Waals surface area (Å²) in [6.07, 6.45) is 0. The number of amides is 2. The number of benzene rings is 2. The van der Waals surface area contributed by atoms with Gasteiger partial charge in [0.2, 0.25) is 11.8 Å². The third-order valence-electron chi connectivity index (χ3n) is 4.43. The highest BCUT2D eigenvalue weighted by atomic mass is 16.5. The molecule has 2 N–H and O–H groups in total. The molecule has 7 nitrogen and oxygen atoms in total. The maximum atomic E-state index is 12.3. The monoisotopic (exact) mass is 395 g/mol. The number of fused-ring (bicyclic) bond motifs is 1. The minimum atomic E-state index is -0.270. The molecule has 1 unspecified atom stereocenters. The lowest BCUT2D eigenvalue weighted by Gasteiger charge is -2.18. The SMILES string of the molecule is COc1cccc(NC(=O)CN(C)CC(=O)NC(C)c2cc3ccccc3o2)c1. The first-order valence-corrected chi connectivity index (χ1v) is 9.35. The largest absolute Gasteiger partial charge is 0.497 e. The summed E-state index contributed by atoms with van der Waals surface area (Å²) in [6.45, 7) is 2.05. The third kappa shape index (κ3) is 5.58. The van der Waals surface area contributed by atoms with Gasteiger partial charge in [0.25, 0.3) is 0 Å². The third-order valence-corrected chi connectivity index (χ3v) is 4.43. The van der Waals surface area contributed by atoms with E-state index >= 15 is 0 Å². The molecule has 0 saturated heterocycles. The van der Waals surface area contributed by atoms with Gasteiger partial charge in [-0.3, -0.25) is 14.5 Å². The Kier molecular flexibility index (Phi) is 6.51. The van der Waals surface area contributed by atoms with Crippen LogP contribution in [0.1, 0.15) is 18.7 Å². The van der Waals surface area contributed by atoms with Crippen LogP contribution in [0.15, 0.2) is 59.0 Å². The quantitative estimate of drug-likeness (QED) is 0.612. The van der Waals surface area contributed by atoms with Gasteiger partial charge in [0.05, 0.1) is 26.2 Å². The Labute approximate surface area is 169 Å². The van der Waals surface area contributed by atoms with Gasteiger partial charge in [0, 0.05) is 17.1 Å². The summed E-state index contributed by atoms with van der Waals surface area (Å²) >= 11 is 0. The lowest BCUT2D eigenvalue weighted by Crippen LogP contribution is -2.39. The van der Waals surface area contributed by atoms with Gasteiger partial charge in [0.15, 0.2) is 0 Å². The summed E-state index contributed by atoms with van der Waals surface area (Å²) < 4.78 is 10.9. The van der Waals surface area contributed by atoms with Crippen LogP contribution in [-0.2, 0) is 9.59 Å². The molecule has 3 aromatic rings. The molecule has 0 aliphatic rings. The van der Waals surface area contributed by atoms with Crippen molar-refractivity contribution in [2.75, 3.05) is 32.6 Å². The second-order valence-corrected chi connectivity index (χ2v) is 6.93. The first-order valence-electron chi connectivity index (χ1n) is 9.35. The highest BCUT2D eigenvalue weighted by Crippen LogP contribution is 2.23. The molecule has 152 valence electrons. The number of hydrogen-bond donors (Lipinski definition) is 2. The van der Waals surface area contributed by atoms with Crippen LogP contribution in [0.25, 0.3) is 11.0 Å². The smallest absolute Gasteiger partial charge is 0.238 e. The number of para-hydroxylation sites is 1. The van der Waals surface area contributed by atoms with Crippen LogP contribution in [0.2, 0.25) is 0 Å². The molecule has 2 aromatic carbocycles. The number of rotatable bonds is 8. The van der Waals surface area contributed by atoms with Gasteiger partial charge in [0.1, 0.15) is 17.1 Å². The lowest BCUT2D eigenvalue weighted by atomic mass is 10.2. The van der Waals surface area contributed by atoms with E-state index in [-0.39, 0.29) is 30.9 Å². The molecule has 1 heterocycles. The van der Waals surface area contributed by atoms with Crippen molar-refractivity contribution in [3.05, 3.63) is 60.4 Å². The molecule has 1 atom stereocenters. The summed E-state index contributed by atoms with van der Waals surface area (Å²) in [5.74, 6) is 0.960. The van der Waals surface area contributed by atoms with Gasteiger partial charge >= 0.3 is 0 Å². The summed E-state index contributed by atoms with van der Waals surface area (Å²) in [6, 6.07) is 16.5. The number of ether oxygens (including phenoxy) is 1. The van der Waals surface area contributed by atoms with Crippen molar-refractivity contribution >= 4 is 28.5 Å². The second kappa shape index (κ2) is 9.25. The van der Waals surface area contributed by atoms with Gasteiger partial charge in [-0.05, 0) is 38.2 Å². The Bertz CT molecular complexity index is 965. The molecule has 2 amide bonds. The zero-order valence-electron chi connectivity index (χ0n) is 16.8. The topological polar surface area (TPSA) is 83.8 Å². The van der Waals surface area contributed by atoms with Crippen molar-refractivity contribution in [1.82, 2.24) is 10.2 Å². The van der Waals surface area contributed by atoms with Crippen LogP contribution < -0.4 is 15.4 Å². The minimum Gasteiger partial charge on any atom is -0.497 e. The summed E-state index contributed by atoms with van der Waals surface area (Å²) in [5.41, 5.74) is 1.43. The minimum absolute atomic E-state index is 0.0870. The number of hydrogen-bond acceptors (Lipinski definition) is 5. The predicted molar refractivity (Wildman–Crippen MR) is 112 cm³/mol. The van der Waals surface area contributed by atoms with Crippen molar-refractivity contribution in [2.24, 2.45) is 0 Å². The number of carbonyl (C=O) groups is 2. The summed E-state index contributed by atoms with van der Waals surface area (Å²) in [4.78, 5) is 26.2. The Hall–Kier alpha value is -3.32. The molecule has 3 rings (SSSR count). The molecule has 1 aromatic heterocycles. The zero-order chi connectivity index (χ0) is 20.8. The molecular formula is C22H25N3O4. The van der Waals surface area contributed by atoms with Crippen LogP contribution in [0.3, 0.4) is 0 Å². The standard InChI is InChI=1S/C22H25N3O4/c1-15(20-11-16-7-4-5-10-19(16)29-20)23-21(26)13-25(2)14-22(27)24-17-8-6-9-18(12-17)28-3/h4-12,15H,13-14H2,1-3H3,(H,23,26)(H,24,27).